The normalized spacial score (nSPS) is 24.6. The number of esters is 1. The minimum absolute atomic E-state index is 0.0583. The average molecular weight is 512 g/mol. The van der Waals surface area contributed by atoms with Crippen LogP contribution in [0.25, 0.3) is 10.6 Å². The van der Waals surface area contributed by atoms with Crippen LogP contribution in [0.4, 0.5) is 9.80 Å². The molecule has 3 aliphatic heterocycles. The Labute approximate surface area is 215 Å². The van der Waals surface area contributed by atoms with Gasteiger partial charge in [-0.05, 0) is 46.1 Å². The number of benzene rings is 1. The lowest BCUT2D eigenvalue weighted by Gasteiger charge is -2.44. The van der Waals surface area contributed by atoms with Crippen LogP contribution in [0, 0.1) is 5.41 Å². The van der Waals surface area contributed by atoms with Crippen molar-refractivity contribution in [2.45, 2.75) is 57.6 Å². The number of nitrogens with two attached hydrogens (primary N) is 1. The van der Waals surface area contributed by atoms with Gasteiger partial charge in [-0.3, -0.25) is 19.8 Å². The summed E-state index contributed by atoms with van der Waals surface area (Å²) in [4.78, 5) is 46.6. The van der Waals surface area contributed by atoms with Crippen molar-refractivity contribution in [2.24, 2.45) is 11.1 Å². The van der Waals surface area contributed by atoms with E-state index >= 15 is 0 Å². The molecular weight excluding hydrogens is 478 g/mol. The molecule has 3 saturated heterocycles. The van der Waals surface area contributed by atoms with E-state index in [0.717, 1.165) is 50.8 Å². The van der Waals surface area contributed by atoms with Crippen molar-refractivity contribution in [3.05, 3.63) is 36.0 Å². The summed E-state index contributed by atoms with van der Waals surface area (Å²) in [5.74, 6) is -0.260. The number of hydrogen-bond donors (Lipinski definition) is 2. The molecule has 0 radical (unpaired) electrons. The van der Waals surface area contributed by atoms with Gasteiger partial charge < -0.3 is 15.4 Å². The summed E-state index contributed by atoms with van der Waals surface area (Å²) < 4.78 is 5.68. The topological polar surface area (TPSA) is 118 Å². The number of rotatable bonds is 4. The van der Waals surface area contributed by atoms with Crippen LogP contribution in [-0.4, -0.2) is 70.5 Å². The number of carbonyl (C=O) groups excluding carboxylic acids is 3. The van der Waals surface area contributed by atoms with Crippen LogP contribution in [0.2, 0.25) is 0 Å². The van der Waals surface area contributed by atoms with Gasteiger partial charge in [0.2, 0.25) is 0 Å². The van der Waals surface area contributed by atoms with E-state index in [0.29, 0.717) is 29.1 Å². The Morgan fingerprint density at radius 3 is 2.53 bits per heavy atom. The molecule has 0 bridgehead atoms. The second-order valence-electron chi connectivity index (χ2n) is 10.8. The number of nitrogens with zero attached hydrogens (tertiary/aromatic N) is 3. The summed E-state index contributed by atoms with van der Waals surface area (Å²) in [5, 5.41) is 3.60. The zero-order valence-corrected chi connectivity index (χ0v) is 21.6. The first-order valence-electron chi connectivity index (χ1n) is 12.6. The quantitative estimate of drug-likeness (QED) is 0.604. The van der Waals surface area contributed by atoms with Crippen LogP contribution in [0.5, 0.6) is 0 Å². The predicted octanol–water partition coefficient (Wildman–Crippen LogP) is 3.71. The maximum Gasteiger partial charge on any atom is 0.317 e. The first-order chi connectivity index (χ1) is 17.2. The van der Waals surface area contributed by atoms with Gasteiger partial charge >= 0.3 is 12.0 Å². The number of primary amides is 1. The van der Waals surface area contributed by atoms with Gasteiger partial charge in [0.05, 0.1) is 5.41 Å². The van der Waals surface area contributed by atoms with E-state index in [2.05, 4.69) is 15.2 Å². The fourth-order valence-corrected chi connectivity index (χ4v) is 6.99. The van der Waals surface area contributed by atoms with Crippen LogP contribution in [0.3, 0.4) is 0 Å². The second-order valence-corrected chi connectivity index (χ2v) is 11.8. The van der Waals surface area contributed by atoms with E-state index in [4.69, 9.17) is 10.5 Å². The van der Waals surface area contributed by atoms with Gasteiger partial charge in [0, 0.05) is 37.7 Å². The molecule has 9 nitrogen and oxygen atoms in total. The number of nitrogens with one attached hydrogen (secondary N) is 1. The molecule has 1 aromatic heterocycles. The van der Waals surface area contributed by atoms with Crippen LogP contribution in [-0.2, 0) is 9.53 Å². The summed E-state index contributed by atoms with van der Waals surface area (Å²) in [5.41, 5.74) is 5.65. The smallest absolute Gasteiger partial charge is 0.317 e. The van der Waals surface area contributed by atoms with Crippen LogP contribution >= 0.6 is 11.3 Å². The highest BCUT2D eigenvalue weighted by Gasteiger charge is 2.54. The van der Waals surface area contributed by atoms with Crippen molar-refractivity contribution >= 4 is 34.2 Å². The fraction of sp³-hybridized carbons (Fsp3) is 0.538. The molecule has 3 amide bonds. The lowest BCUT2D eigenvalue weighted by Crippen LogP contribution is -2.53. The number of urea groups is 1. The summed E-state index contributed by atoms with van der Waals surface area (Å²) in [6.07, 6.45) is 4.28. The van der Waals surface area contributed by atoms with E-state index in [1.165, 1.54) is 11.3 Å². The van der Waals surface area contributed by atoms with Gasteiger partial charge in [0.1, 0.15) is 15.6 Å². The number of amides is 3. The fourth-order valence-electron chi connectivity index (χ4n) is 6.02. The highest BCUT2D eigenvalue weighted by Crippen LogP contribution is 2.46. The minimum atomic E-state index is -0.723. The number of cyclic esters (lactones) is 1. The van der Waals surface area contributed by atoms with Crippen molar-refractivity contribution in [1.29, 1.82) is 0 Å². The van der Waals surface area contributed by atoms with Crippen molar-refractivity contribution in [2.75, 3.05) is 31.5 Å². The standard InChI is InChI=1S/C26H33N5O4S/c1-25(2)15-26(23(33)35-25)11-6-12-31(16-26)18-9-13-30(14-10-18)22(32)19-21(29-24(27)34)36-20(28-19)17-7-4-3-5-8-17/h3-5,7-8,18H,6,9-16H2,1-2H3,(H3,27,29,34). The van der Waals surface area contributed by atoms with Crippen LogP contribution in [0.15, 0.2) is 30.3 Å². The molecule has 0 saturated carbocycles. The zero-order chi connectivity index (χ0) is 25.5. The average Bonchev–Trinajstić information content (AvgIpc) is 3.36. The predicted molar refractivity (Wildman–Crippen MR) is 138 cm³/mol. The Kier molecular flexibility index (Phi) is 6.50. The maximum atomic E-state index is 13.5. The van der Waals surface area contributed by atoms with E-state index in [-0.39, 0.29) is 17.6 Å². The number of ether oxygens (including phenoxy) is 1. The third kappa shape index (κ3) is 4.84. The molecule has 1 spiro atoms. The van der Waals surface area contributed by atoms with Gasteiger partial charge in [-0.25, -0.2) is 9.78 Å². The van der Waals surface area contributed by atoms with Crippen molar-refractivity contribution in [3.63, 3.8) is 0 Å². The van der Waals surface area contributed by atoms with E-state index in [9.17, 15) is 14.4 Å². The molecule has 3 fully saturated rings. The van der Waals surface area contributed by atoms with Gasteiger partial charge in [0.15, 0.2) is 5.69 Å². The Morgan fingerprint density at radius 2 is 1.89 bits per heavy atom. The Morgan fingerprint density at radius 1 is 1.17 bits per heavy atom. The molecular formula is C26H33N5O4S. The van der Waals surface area contributed by atoms with Gasteiger partial charge in [-0.15, -0.1) is 0 Å². The molecule has 192 valence electrons. The van der Waals surface area contributed by atoms with E-state index in [1.807, 2.05) is 44.2 Å². The monoisotopic (exact) mass is 511 g/mol. The van der Waals surface area contributed by atoms with E-state index < -0.39 is 17.0 Å². The minimum Gasteiger partial charge on any atom is -0.459 e. The second kappa shape index (κ2) is 9.48. The van der Waals surface area contributed by atoms with Crippen molar-refractivity contribution in [3.8, 4) is 10.6 Å². The lowest BCUT2D eigenvalue weighted by atomic mass is 9.74. The summed E-state index contributed by atoms with van der Waals surface area (Å²) in [6, 6.07) is 9.15. The molecule has 36 heavy (non-hydrogen) atoms. The molecule has 0 aliphatic carbocycles. The third-order valence-electron chi connectivity index (χ3n) is 7.53. The summed E-state index contributed by atoms with van der Waals surface area (Å²) in [6.45, 7) is 6.87. The number of piperidine rings is 2. The molecule has 2 aromatic rings. The number of hydrogen-bond acceptors (Lipinski definition) is 7. The number of thiazole rings is 1. The molecule has 3 aliphatic rings. The maximum absolute atomic E-state index is 13.5. The largest absolute Gasteiger partial charge is 0.459 e. The number of carbonyl (C=O) groups is 3. The highest BCUT2D eigenvalue weighted by molar-refractivity contribution is 7.19. The zero-order valence-electron chi connectivity index (χ0n) is 20.8. The molecule has 3 N–H and O–H groups in total. The molecule has 4 heterocycles. The van der Waals surface area contributed by atoms with Gasteiger partial charge in [-0.1, -0.05) is 41.7 Å². The van der Waals surface area contributed by atoms with Gasteiger partial charge in [0.25, 0.3) is 5.91 Å². The summed E-state index contributed by atoms with van der Waals surface area (Å²) >= 11 is 1.24. The molecule has 1 aromatic carbocycles. The third-order valence-corrected chi connectivity index (χ3v) is 8.55. The Hall–Kier alpha value is -2.98. The van der Waals surface area contributed by atoms with Crippen molar-refractivity contribution < 1.29 is 19.1 Å². The Bertz CT molecular complexity index is 1160. The van der Waals surface area contributed by atoms with Crippen molar-refractivity contribution in [1.82, 2.24) is 14.8 Å². The molecule has 1 unspecified atom stereocenters. The van der Waals surface area contributed by atoms with Crippen LogP contribution in [0.1, 0.15) is 56.4 Å². The molecule has 5 rings (SSSR count). The Balaban J connectivity index is 1.26. The lowest BCUT2D eigenvalue weighted by molar-refractivity contribution is -0.154. The van der Waals surface area contributed by atoms with Crippen LogP contribution < -0.4 is 11.1 Å². The highest BCUT2D eigenvalue weighted by atomic mass is 32.1. The molecule has 10 heteroatoms. The SMILES string of the molecule is CC1(C)CC2(CCCN(C3CCN(C(=O)c4nc(-c5ccccc5)sc4NC(N)=O)CC3)C2)C(=O)O1. The first-order valence-corrected chi connectivity index (χ1v) is 13.4. The molecule has 1 atom stereocenters. The number of aromatic nitrogens is 1. The van der Waals surface area contributed by atoms with E-state index in [1.54, 1.807) is 4.90 Å². The number of likely N-dealkylation sites (tertiary alicyclic amines) is 2. The number of anilines is 1. The first kappa shape index (κ1) is 24.7. The summed E-state index contributed by atoms with van der Waals surface area (Å²) in [7, 11) is 0. The van der Waals surface area contributed by atoms with Gasteiger partial charge in [-0.2, -0.15) is 0 Å².